The monoisotopic (exact) mass is 403 g/mol. The average Bonchev–Trinajstić information content (AvgIpc) is 2.63. The number of thioether (sulfide) groups is 1. The van der Waals surface area contributed by atoms with Crippen molar-refractivity contribution < 1.29 is 9.18 Å². The molecule has 1 aromatic heterocycles. The molecule has 0 saturated carbocycles. The van der Waals surface area contributed by atoms with Gasteiger partial charge < -0.3 is 5.32 Å². The molecule has 3 rings (SSSR count). The number of hydrogen-bond acceptors (Lipinski definition) is 4. The van der Waals surface area contributed by atoms with Gasteiger partial charge in [0.25, 0.3) is 5.56 Å². The van der Waals surface area contributed by atoms with Crippen LogP contribution in [-0.4, -0.2) is 21.2 Å². The number of benzene rings is 2. The van der Waals surface area contributed by atoms with Crippen LogP contribution in [0.25, 0.3) is 10.9 Å². The summed E-state index contributed by atoms with van der Waals surface area (Å²) in [5.41, 5.74) is 0.610. The van der Waals surface area contributed by atoms with Crippen LogP contribution in [-0.2, 0) is 11.3 Å². The average molecular weight is 404 g/mol. The number of halogens is 2. The first kappa shape index (κ1) is 19.1. The Morgan fingerprint density at radius 2 is 2.15 bits per heavy atom. The molecule has 2 aromatic carbocycles. The second-order valence-electron chi connectivity index (χ2n) is 5.61. The van der Waals surface area contributed by atoms with Gasteiger partial charge in [0.05, 0.1) is 16.7 Å². The van der Waals surface area contributed by atoms with Crippen LogP contribution in [0.1, 0.15) is 0 Å². The van der Waals surface area contributed by atoms with Crippen LogP contribution in [0.3, 0.4) is 0 Å². The predicted molar refractivity (Wildman–Crippen MR) is 107 cm³/mol. The van der Waals surface area contributed by atoms with E-state index < -0.39 is 5.82 Å². The van der Waals surface area contributed by atoms with Gasteiger partial charge in [0.2, 0.25) is 5.91 Å². The lowest BCUT2D eigenvalue weighted by Gasteiger charge is -2.11. The molecule has 0 aliphatic heterocycles. The van der Waals surface area contributed by atoms with Crippen molar-refractivity contribution in [1.29, 1.82) is 0 Å². The van der Waals surface area contributed by atoms with E-state index >= 15 is 0 Å². The number of nitrogens with one attached hydrogen (secondary N) is 1. The third kappa shape index (κ3) is 4.56. The van der Waals surface area contributed by atoms with Gasteiger partial charge in [-0.05, 0) is 36.4 Å². The molecule has 1 heterocycles. The maximum Gasteiger partial charge on any atom is 0.262 e. The Morgan fingerprint density at radius 1 is 1.33 bits per heavy atom. The molecule has 0 atom stereocenters. The van der Waals surface area contributed by atoms with E-state index in [0.29, 0.717) is 26.8 Å². The van der Waals surface area contributed by atoms with Crippen molar-refractivity contribution in [2.24, 2.45) is 0 Å². The number of nitrogens with zero attached hydrogens (tertiary/aromatic N) is 2. The Balaban J connectivity index is 1.84. The number of hydrogen-bond donors (Lipinski definition) is 1. The molecule has 3 aromatic rings. The molecule has 27 heavy (non-hydrogen) atoms. The van der Waals surface area contributed by atoms with E-state index in [1.165, 1.54) is 22.8 Å². The van der Waals surface area contributed by atoms with Crippen LogP contribution in [0.5, 0.6) is 0 Å². The molecule has 0 aliphatic carbocycles. The van der Waals surface area contributed by atoms with Gasteiger partial charge in [-0.2, -0.15) is 0 Å². The lowest BCUT2D eigenvalue weighted by atomic mass is 10.2. The summed E-state index contributed by atoms with van der Waals surface area (Å²) < 4.78 is 14.6. The topological polar surface area (TPSA) is 64.0 Å². The minimum atomic E-state index is -0.435. The molecule has 0 aliphatic rings. The van der Waals surface area contributed by atoms with Crippen molar-refractivity contribution in [3.05, 3.63) is 76.3 Å². The number of amides is 1. The van der Waals surface area contributed by atoms with Gasteiger partial charge in [-0.1, -0.05) is 35.5 Å². The zero-order valence-corrected chi connectivity index (χ0v) is 15.7. The Bertz CT molecular complexity index is 1080. The highest BCUT2D eigenvalue weighted by atomic mass is 35.5. The van der Waals surface area contributed by atoms with Gasteiger partial charge in [0.15, 0.2) is 5.16 Å². The highest BCUT2D eigenvalue weighted by Crippen LogP contribution is 2.21. The van der Waals surface area contributed by atoms with E-state index in [4.69, 9.17) is 11.6 Å². The van der Waals surface area contributed by atoms with E-state index in [2.05, 4.69) is 16.9 Å². The largest absolute Gasteiger partial charge is 0.325 e. The fraction of sp³-hybridized carbons (Fsp3) is 0.105. The van der Waals surface area contributed by atoms with E-state index in [1.807, 2.05) is 0 Å². The second kappa shape index (κ2) is 8.37. The quantitative estimate of drug-likeness (QED) is 0.382. The molecule has 0 radical (unpaired) electrons. The van der Waals surface area contributed by atoms with Crippen molar-refractivity contribution in [2.45, 2.75) is 11.7 Å². The van der Waals surface area contributed by atoms with Crippen molar-refractivity contribution >= 4 is 45.9 Å². The van der Waals surface area contributed by atoms with E-state index in [1.54, 1.807) is 30.3 Å². The molecule has 0 unspecified atom stereocenters. The van der Waals surface area contributed by atoms with Crippen LogP contribution >= 0.6 is 23.4 Å². The van der Waals surface area contributed by atoms with Crippen LogP contribution in [0.15, 0.2) is 65.1 Å². The van der Waals surface area contributed by atoms with Crippen LogP contribution in [0.2, 0.25) is 5.02 Å². The minimum Gasteiger partial charge on any atom is -0.325 e. The lowest BCUT2D eigenvalue weighted by Crippen LogP contribution is -2.23. The summed E-state index contributed by atoms with van der Waals surface area (Å²) >= 11 is 7.09. The Labute approximate surface area is 163 Å². The summed E-state index contributed by atoms with van der Waals surface area (Å²) in [6, 6.07) is 10.5. The van der Waals surface area contributed by atoms with Gasteiger partial charge in [0, 0.05) is 17.3 Å². The summed E-state index contributed by atoms with van der Waals surface area (Å²) in [6.07, 6.45) is 1.58. The first-order valence-electron chi connectivity index (χ1n) is 7.97. The van der Waals surface area contributed by atoms with Crippen molar-refractivity contribution in [2.75, 3.05) is 11.1 Å². The first-order valence-corrected chi connectivity index (χ1v) is 9.33. The molecule has 138 valence electrons. The number of rotatable bonds is 6. The van der Waals surface area contributed by atoms with Gasteiger partial charge >= 0.3 is 0 Å². The molecule has 5 nitrogen and oxygen atoms in total. The molecule has 0 saturated heterocycles. The van der Waals surface area contributed by atoms with E-state index in [9.17, 15) is 14.0 Å². The van der Waals surface area contributed by atoms with Crippen molar-refractivity contribution in [1.82, 2.24) is 9.55 Å². The van der Waals surface area contributed by atoms with Crippen molar-refractivity contribution in [3.63, 3.8) is 0 Å². The summed E-state index contributed by atoms with van der Waals surface area (Å²) in [7, 11) is 0. The van der Waals surface area contributed by atoms with Crippen LogP contribution in [0, 0.1) is 5.82 Å². The minimum absolute atomic E-state index is 0.0131. The third-order valence-corrected chi connectivity index (χ3v) is 4.85. The zero-order valence-electron chi connectivity index (χ0n) is 14.1. The fourth-order valence-corrected chi connectivity index (χ4v) is 3.45. The number of carbonyl (C=O) groups excluding carboxylic acids is 1. The molecule has 1 N–H and O–H groups in total. The fourth-order valence-electron chi connectivity index (χ4n) is 2.47. The SMILES string of the molecule is C=CCn1c(SCC(=O)Nc2cccc(F)c2)nc2ccc(Cl)cc2c1=O. The van der Waals surface area contributed by atoms with Crippen LogP contribution < -0.4 is 10.9 Å². The molecule has 0 spiro atoms. The number of allylic oxidation sites excluding steroid dienone is 1. The predicted octanol–water partition coefficient (Wildman–Crippen LogP) is 4.11. The Kier molecular flexibility index (Phi) is 5.93. The summed E-state index contributed by atoms with van der Waals surface area (Å²) in [6.45, 7) is 3.91. The number of fused-ring (bicyclic) bond motifs is 1. The maximum absolute atomic E-state index is 13.2. The molecule has 8 heteroatoms. The zero-order chi connectivity index (χ0) is 19.4. The normalized spacial score (nSPS) is 10.7. The Hall–Kier alpha value is -2.64. The molecule has 0 bridgehead atoms. The lowest BCUT2D eigenvalue weighted by molar-refractivity contribution is -0.113. The van der Waals surface area contributed by atoms with E-state index in [0.717, 1.165) is 11.8 Å². The smallest absolute Gasteiger partial charge is 0.262 e. The van der Waals surface area contributed by atoms with Gasteiger partial charge in [-0.3, -0.25) is 14.2 Å². The van der Waals surface area contributed by atoms with Crippen LogP contribution in [0.4, 0.5) is 10.1 Å². The van der Waals surface area contributed by atoms with Gasteiger partial charge in [0.1, 0.15) is 5.82 Å². The summed E-state index contributed by atoms with van der Waals surface area (Å²) in [4.78, 5) is 29.3. The molecular weight excluding hydrogens is 389 g/mol. The number of anilines is 1. The molecular formula is C19H15ClFN3O2S. The summed E-state index contributed by atoms with van der Waals surface area (Å²) in [5.74, 6) is -0.754. The third-order valence-electron chi connectivity index (χ3n) is 3.63. The highest BCUT2D eigenvalue weighted by molar-refractivity contribution is 7.99. The molecule has 0 fully saturated rings. The standard InChI is InChI=1S/C19H15ClFN3O2S/c1-2-8-24-18(26)15-9-12(20)6-7-16(15)23-19(24)27-11-17(25)22-14-5-3-4-13(21)10-14/h2-7,9-10H,1,8,11H2,(H,22,25). The van der Waals surface area contributed by atoms with Gasteiger partial charge in [-0.25, -0.2) is 9.37 Å². The second-order valence-corrected chi connectivity index (χ2v) is 6.99. The maximum atomic E-state index is 13.2. The Morgan fingerprint density at radius 3 is 2.89 bits per heavy atom. The first-order chi connectivity index (χ1) is 13.0. The van der Waals surface area contributed by atoms with Crippen molar-refractivity contribution in [3.8, 4) is 0 Å². The van der Waals surface area contributed by atoms with E-state index in [-0.39, 0.29) is 23.8 Å². The molecule has 1 amide bonds. The summed E-state index contributed by atoms with van der Waals surface area (Å²) in [5, 5.41) is 3.85. The number of aromatic nitrogens is 2. The number of carbonyl (C=O) groups is 1. The van der Waals surface area contributed by atoms with Gasteiger partial charge in [-0.15, -0.1) is 6.58 Å². The highest BCUT2D eigenvalue weighted by Gasteiger charge is 2.13.